The first-order valence-electron chi connectivity index (χ1n) is 8.46. The van der Waals surface area contributed by atoms with Gasteiger partial charge in [-0.2, -0.15) is 0 Å². The molecular weight excluding hydrogens is 326 g/mol. The van der Waals surface area contributed by atoms with Crippen LogP contribution in [0, 0.1) is 0 Å². The van der Waals surface area contributed by atoms with Crippen molar-refractivity contribution in [3.8, 4) is 11.3 Å². The lowest BCUT2D eigenvalue weighted by molar-refractivity contribution is -0.142. The summed E-state index contributed by atoms with van der Waals surface area (Å²) in [4.78, 5) is 22.5. The Hall–Kier alpha value is -1.85. The van der Waals surface area contributed by atoms with Crippen molar-refractivity contribution < 1.29 is 9.53 Å². The van der Waals surface area contributed by atoms with Gasteiger partial charge in [-0.15, -0.1) is 0 Å². The summed E-state index contributed by atoms with van der Waals surface area (Å²) in [6, 6.07) is 7.68. The first-order valence-corrected chi connectivity index (χ1v) is 8.84. The van der Waals surface area contributed by atoms with Crippen molar-refractivity contribution in [2.75, 3.05) is 13.2 Å². The van der Waals surface area contributed by atoms with Crippen molar-refractivity contribution in [2.45, 2.75) is 37.8 Å². The van der Waals surface area contributed by atoms with Gasteiger partial charge < -0.3 is 14.6 Å². The molecule has 1 aromatic heterocycles. The van der Waals surface area contributed by atoms with Gasteiger partial charge in [0, 0.05) is 23.7 Å². The minimum absolute atomic E-state index is 0.00191. The number of H-pyrrole nitrogens is 1. The zero-order valence-corrected chi connectivity index (χ0v) is 14.1. The van der Waals surface area contributed by atoms with E-state index in [1.807, 2.05) is 29.2 Å². The van der Waals surface area contributed by atoms with Crippen molar-refractivity contribution in [1.29, 1.82) is 0 Å². The van der Waals surface area contributed by atoms with Gasteiger partial charge >= 0.3 is 0 Å². The Kier molecular flexibility index (Phi) is 4.29. The summed E-state index contributed by atoms with van der Waals surface area (Å²) in [5.41, 5.74) is 1.81. The number of rotatable bonds is 3. The quantitative estimate of drug-likeness (QED) is 0.925. The Morgan fingerprint density at radius 1 is 1.29 bits per heavy atom. The minimum atomic E-state index is -0.274. The van der Waals surface area contributed by atoms with E-state index in [1.165, 1.54) is 0 Å². The lowest BCUT2D eigenvalue weighted by atomic mass is 10.1. The van der Waals surface area contributed by atoms with Crippen molar-refractivity contribution in [3.05, 3.63) is 41.3 Å². The summed E-state index contributed by atoms with van der Waals surface area (Å²) < 4.78 is 5.56. The molecule has 1 N–H and O–H groups in total. The van der Waals surface area contributed by atoms with E-state index >= 15 is 0 Å². The Bertz CT molecular complexity index is 739. The molecule has 1 amide bonds. The maximum atomic E-state index is 12.7. The molecule has 2 aliphatic heterocycles. The molecule has 0 saturated carbocycles. The third-order valence-electron chi connectivity index (χ3n) is 4.82. The molecule has 2 saturated heterocycles. The normalized spacial score (nSPS) is 23.8. The summed E-state index contributed by atoms with van der Waals surface area (Å²) in [5, 5.41) is 0.686. The van der Waals surface area contributed by atoms with Gasteiger partial charge in [-0.05, 0) is 31.7 Å². The number of carbonyl (C=O) groups excluding carboxylic acids is 1. The summed E-state index contributed by atoms with van der Waals surface area (Å²) in [6.07, 6.45) is 5.23. The average Bonchev–Trinajstić information content (AvgIpc) is 3.34. The SMILES string of the molecule is O=C([C@@H]1CCCO1)N1CCC[C@@H]1c1ncc(-c2ccccc2Cl)[nH]1. The number of benzene rings is 1. The largest absolute Gasteiger partial charge is 0.368 e. The topological polar surface area (TPSA) is 58.2 Å². The van der Waals surface area contributed by atoms with E-state index in [0.717, 1.165) is 49.3 Å². The molecule has 0 bridgehead atoms. The van der Waals surface area contributed by atoms with Gasteiger partial charge in [-0.1, -0.05) is 29.8 Å². The second kappa shape index (κ2) is 6.57. The molecule has 2 aliphatic rings. The number of aromatic amines is 1. The molecule has 2 atom stereocenters. The van der Waals surface area contributed by atoms with Crippen LogP contribution in [0.1, 0.15) is 37.5 Å². The van der Waals surface area contributed by atoms with Crippen LogP contribution < -0.4 is 0 Å². The molecule has 5 nitrogen and oxygen atoms in total. The van der Waals surface area contributed by atoms with Gasteiger partial charge in [0.25, 0.3) is 5.91 Å². The van der Waals surface area contributed by atoms with Crippen LogP contribution in [0.5, 0.6) is 0 Å². The number of imidazole rings is 1. The summed E-state index contributed by atoms with van der Waals surface area (Å²) >= 11 is 6.26. The maximum absolute atomic E-state index is 12.7. The molecule has 3 heterocycles. The Balaban J connectivity index is 1.57. The number of hydrogen-bond acceptors (Lipinski definition) is 3. The van der Waals surface area contributed by atoms with Crippen LogP contribution in [0.2, 0.25) is 5.02 Å². The fraction of sp³-hybridized carbons (Fsp3) is 0.444. The summed E-state index contributed by atoms with van der Waals surface area (Å²) in [5.74, 6) is 0.930. The fourth-order valence-electron chi connectivity index (χ4n) is 3.59. The Morgan fingerprint density at radius 3 is 2.96 bits per heavy atom. The van der Waals surface area contributed by atoms with E-state index in [2.05, 4.69) is 9.97 Å². The molecule has 6 heteroatoms. The van der Waals surface area contributed by atoms with Crippen LogP contribution in [0.4, 0.5) is 0 Å². The molecule has 4 rings (SSSR count). The molecule has 24 heavy (non-hydrogen) atoms. The number of hydrogen-bond donors (Lipinski definition) is 1. The van der Waals surface area contributed by atoms with Crippen LogP contribution in [0.25, 0.3) is 11.3 Å². The van der Waals surface area contributed by atoms with Crippen LogP contribution in [-0.2, 0) is 9.53 Å². The van der Waals surface area contributed by atoms with Crippen LogP contribution in [-0.4, -0.2) is 40.0 Å². The highest BCUT2D eigenvalue weighted by molar-refractivity contribution is 6.33. The zero-order valence-electron chi connectivity index (χ0n) is 13.4. The van der Waals surface area contributed by atoms with E-state index in [4.69, 9.17) is 16.3 Å². The highest BCUT2D eigenvalue weighted by atomic mass is 35.5. The third kappa shape index (κ3) is 2.82. The number of likely N-dealkylation sites (tertiary alicyclic amines) is 1. The second-order valence-corrected chi connectivity index (χ2v) is 6.76. The van der Waals surface area contributed by atoms with Crippen molar-refractivity contribution in [1.82, 2.24) is 14.9 Å². The smallest absolute Gasteiger partial charge is 0.252 e. The average molecular weight is 346 g/mol. The highest BCUT2D eigenvalue weighted by Gasteiger charge is 2.37. The lowest BCUT2D eigenvalue weighted by Crippen LogP contribution is -2.38. The fourth-order valence-corrected chi connectivity index (χ4v) is 3.83. The number of halogens is 1. The third-order valence-corrected chi connectivity index (χ3v) is 5.15. The molecule has 2 fully saturated rings. The van der Waals surface area contributed by atoms with Gasteiger partial charge in [0.2, 0.25) is 0 Å². The molecule has 1 aromatic carbocycles. The molecule has 2 aromatic rings. The lowest BCUT2D eigenvalue weighted by Gasteiger charge is -2.25. The standard InChI is InChI=1S/C18H20ClN3O2/c19-13-6-2-1-5-12(13)14-11-20-17(21-14)15-7-3-9-22(15)18(23)16-8-4-10-24-16/h1-2,5-6,11,15-16H,3-4,7-10H2,(H,20,21)/t15-,16+/m1/s1. The highest BCUT2D eigenvalue weighted by Crippen LogP contribution is 2.34. The van der Waals surface area contributed by atoms with E-state index in [0.29, 0.717) is 11.6 Å². The van der Waals surface area contributed by atoms with Crippen LogP contribution in [0.3, 0.4) is 0 Å². The van der Waals surface area contributed by atoms with E-state index in [-0.39, 0.29) is 18.1 Å². The van der Waals surface area contributed by atoms with Crippen molar-refractivity contribution in [2.24, 2.45) is 0 Å². The predicted molar refractivity (Wildman–Crippen MR) is 91.7 cm³/mol. The Morgan fingerprint density at radius 2 is 2.17 bits per heavy atom. The molecule has 0 radical (unpaired) electrons. The molecule has 0 aliphatic carbocycles. The van der Waals surface area contributed by atoms with Crippen LogP contribution >= 0.6 is 11.6 Å². The number of nitrogens with one attached hydrogen (secondary N) is 1. The molecule has 126 valence electrons. The summed E-state index contributed by atoms with van der Waals surface area (Å²) in [7, 11) is 0. The van der Waals surface area contributed by atoms with Crippen molar-refractivity contribution in [3.63, 3.8) is 0 Å². The number of carbonyl (C=O) groups is 1. The number of ether oxygens (including phenoxy) is 1. The first kappa shape index (κ1) is 15.7. The predicted octanol–water partition coefficient (Wildman–Crippen LogP) is 3.57. The second-order valence-electron chi connectivity index (χ2n) is 6.35. The minimum Gasteiger partial charge on any atom is -0.368 e. The van der Waals surface area contributed by atoms with E-state index < -0.39 is 0 Å². The van der Waals surface area contributed by atoms with Gasteiger partial charge in [0.15, 0.2) is 0 Å². The maximum Gasteiger partial charge on any atom is 0.252 e. The molecular formula is C18H20ClN3O2. The molecule has 0 spiro atoms. The zero-order chi connectivity index (χ0) is 16.5. The van der Waals surface area contributed by atoms with Crippen molar-refractivity contribution >= 4 is 17.5 Å². The first-order chi connectivity index (χ1) is 11.7. The van der Waals surface area contributed by atoms with E-state index in [9.17, 15) is 4.79 Å². The van der Waals surface area contributed by atoms with Gasteiger partial charge in [-0.3, -0.25) is 4.79 Å². The van der Waals surface area contributed by atoms with Gasteiger partial charge in [-0.25, -0.2) is 4.98 Å². The van der Waals surface area contributed by atoms with Gasteiger partial charge in [0.1, 0.15) is 11.9 Å². The number of amides is 1. The number of aromatic nitrogens is 2. The molecule has 0 unspecified atom stereocenters. The van der Waals surface area contributed by atoms with Crippen LogP contribution in [0.15, 0.2) is 30.5 Å². The van der Waals surface area contributed by atoms with E-state index in [1.54, 1.807) is 6.20 Å². The number of nitrogens with zero attached hydrogens (tertiary/aromatic N) is 2. The van der Waals surface area contributed by atoms with Gasteiger partial charge in [0.05, 0.1) is 17.9 Å². The summed E-state index contributed by atoms with van der Waals surface area (Å²) in [6.45, 7) is 1.46. The Labute approximate surface area is 146 Å². The monoisotopic (exact) mass is 345 g/mol.